The Morgan fingerprint density at radius 3 is 2.39 bits per heavy atom. The summed E-state index contributed by atoms with van der Waals surface area (Å²) in [7, 11) is 3.28. The largest absolute Gasteiger partial charge is 0.497 e. The van der Waals surface area contributed by atoms with E-state index in [-0.39, 0.29) is 5.91 Å². The van der Waals surface area contributed by atoms with Crippen molar-refractivity contribution in [1.82, 2.24) is 0 Å². The highest BCUT2D eigenvalue weighted by Gasteiger charge is 2.19. The van der Waals surface area contributed by atoms with Crippen molar-refractivity contribution in [1.29, 1.82) is 0 Å². The number of ether oxygens (including phenoxy) is 2. The lowest BCUT2D eigenvalue weighted by atomic mass is 9.96. The Labute approximate surface area is 193 Å². The number of para-hydroxylation sites is 1. The van der Waals surface area contributed by atoms with Gasteiger partial charge in [0.15, 0.2) is 0 Å². The Balaban J connectivity index is 1.76. The van der Waals surface area contributed by atoms with Crippen LogP contribution in [0.3, 0.4) is 0 Å². The minimum Gasteiger partial charge on any atom is -0.497 e. The number of fused-ring (bicyclic) bond motifs is 1. The average Bonchev–Trinajstić information content (AvgIpc) is 3.25. The van der Waals surface area contributed by atoms with Crippen LogP contribution in [0.1, 0.15) is 23.6 Å². The van der Waals surface area contributed by atoms with Crippen LogP contribution in [-0.4, -0.2) is 20.1 Å². The molecular formula is C28H27NO4. The fraction of sp³-hybridized carbons (Fsp3) is 0.179. The highest BCUT2D eigenvalue weighted by Crippen LogP contribution is 2.40. The molecule has 33 heavy (non-hydrogen) atoms. The second-order valence-corrected chi connectivity index (χ2v) is 7.97. The SMILES string of the molecule is COc1ccc(-c2coc3c(C)c(OC)c(/C(C)=C/C(=O)Nc4ccccc4C)cc23)cc1. The van der Waals surface area contributed by atoms with Crippen molar-refractivity contribution in [3.05, 3.63) is 83.6 Å². The van der Waals surface area contributed by atoms with Gasteiger partial charge in [-0.15, -0.1) is 0 Å². The molecule has 4 aromatic rings. The molecule has 0 spiro atoms. The fourth-order valence-corrected chi connectivity index (χ4v) is 4.02. The van der Waals surface area contributed by atoms with Crippen LogP contribution in [0.2, 0.25) is 0 Å². The third-order valence-electron chi connectivity index (χ3n) is 5.82. The van der Waals surface area contributed by atoms with Crippen LogP contribution in [-0.2, 0) is 4.79 Å². The van der Waals surface area contributed by atoms with Gasteiger partial charge in [0.05, 0.1) is 20.5 Å². The van der Waals surface area contributed by atoms with Crippen molar-refractivity contribution in [2.24, 2.45) is 0 Å². The molecule has 0 unspecified atom stereocenters. The molecule has 4 rings (SSSR count). The van der Waals surface area contributed by atoms with Gasteiger partial charge in [-0.05, 0) is 61.7 Å². The molecule has 5 heteroatoms. The van der Waals surface area contributed by atoms with Gasteiger partial charge in [-0.2, -0.15) is 0 Å². The van der Waals surface area contributed by atoms with Crippen LogP contribution in [0.4, 0.5) is 5.69 Å². The van der Waals surface area contributed by atoms with Gasteiger partial charge in [0.2, 0.25) is 5.91 Å². The molecule has 5 nitrogen and oxygen atoms in total. The number of methoxy groups -OCH3 is 2. The summed E-state index contributed by atoms with van der Waals surface area (Å²) in [5, 5.41) is 3.92. The molecular weight excluding hydrogens is 414 g/mol. The maximum absolute atomic E-state index is 12.7. The summed E-state index contributed by atoms with van der Waals surface area (Å²) in [5.74, 6) is 1.29. The molecule has 0 atom stereocenters. The molecule has 0 aliphatic heterocycles. The van der Waals surface area contributed by atoms with E-state index < -0.39 is 0 Å². The number of rotatable bonds is 6. The molecule has 1 aromatic heterocycles. The van der Waals surface area contributed by atoms with E-state index in [9.17, 15) is 4.79 Å². The number of nitrogens with one attached hydrogen (secondary N) is 1. The number of anilines is 1. The highest BCUT2D eigenvalue weighted by molar-refractivity contribution is 6.06. The fourth-order valence-electron chi connectivity index (χ4n) is 4.02. The van der Waals surface area contributed by atoms with Gasteiger partial charge in [0.25, 0.3) is 0 Å². The Hall–Kier alpha value is -3.99. The maximum atomic E-state index is 12.7. The van der Waals surface area contributed by atoms with Crippen molar-refractivity contribution in [2.75, 3.05) is 19.5 Å². The number of aryl methyl sites for hydroxylation is 2. The summed E-state index contributed by atoms with van der Waals surface area (Å²) in [6, 6.07) is 17.6. The van der Waals surface area contributed by atoms with Crippen LogP contribution in [0.15, 0.2) is 71.4 Å². The lowest BCUT2D eigenvalue weighted by Crippen LogP contribution is -2.09. The van der Waals surface area contributed by atoms with Crippen LogP contribution >= 0.6 is 0 Å². The number of hydrogen-bond acceptors (Lipinski definition) is 4. The van der Waals surface area contributed by atoms with Gasteiger partial charge < -0.3 is 19.2 Å². The number of furan rings is 1. The van der Waals surface area contributed by atoms with E-state index in [0.717, 1.165) is 55.8 Å². The van der Waals surface area contributed by atoms with Crippen molar-refractivity contribution in [2.45, 2.75) is 20.8 Å². The van der Waals surface area contributed by atoms with E-state index in [1.165, 1.54) is 0 Å². The van der Waals surface area contributed by atoms with Crippen LogP contribution in [0.25, 0.3) is 27.7 Å². The minimum atomic E-state index is -0.191. The molecule has 0 bridgehead atoms. The minimum absolute atomic E-state index is 0.191. The molecule has 0 aliphatic rings. The molecule has 0 saturated heterocycles. The van der Waals surface area contributed by atoms with Crippen LogP contribution < -0.4 is 14.8 Å². The smallest absolute Gasteiger partial charge is 0.248 e. The number of benzene rings is 3. The van der Waals surface area contributed by atoms with Gasteiger partial charge in [0.1, 0.15) is 17.1 Å². The third-order valence-corrected chi connectivity index (χ3v) is 5.82. The normalized spacial score (nSPS) is 11.5. The number of carbonyl (C=O) groups is 1. The van der Waals surface area contributed by atoms with Crippen LogP contribution in [0.5, 0.6) is 11.5 Å². The summed E-state index contributed by atoms with van der Waals surface area (Å²) in [6.07, 6.45) is 3.36. The molecule has 1 amide bonds. The monoisotopic (exact) mass is 441 g/mol. The zero-order valence-corrected chi connectivity index (χ0v) is 19.5. The first-order chi connectivity index (χ1) is 15.9. The molecule has 0 radical (unpaired) electrons. The maximum Gasteiger partial charge on any atom is 0.248 e. The first kappa shape index (κ1) is 22.2. The summed E-state index contributed by atoms with van der Waals surface area (Å²) in [6.45, 7) is 5.84. The zero-order valence-electron chi connectivity index (χ0n) is 19.5. The Morgan fingerprint density at radius 1 is 1.00 bits per heavy atom. The summed E-state index contributed by atoms with van der Waals surface area (Å²) in [4.78, 5) is 12.7. The predicted octanol–water partition coefficient (Wildman–Crippen LogP) is 6.78. The van der Waals surface area contributed by atoms with Crippen molar-refractivity contribution in [3.8, 4) is 22.6 Å². The number of carbonyl (C=O) groups excluding carboxylic acids is 1. The third kappa shape index (κ3) is 4.35. The molecule has 1 N–H and O–H groups in total. The first-order valence-corrected chi connectivity index (χ1v) is 10.7. The molecule has 0 saturated carbocycles. The lowest BCUT2D eigenvalue weighted by molar-refractivity contribution is -0.111. The standard InChI is InChI=1S/C28H27NO4/c1-17-8-6-7-9-25(17)29-26(30)14-18(2)22-15-23-24(20-10-12-21(31-4)13-11-20)16-33-28(23)19(3)27(22)32-5/h6-16H,1-5H3,(H,29,30)/b18-14+. The molecule has 1 heterocycles. The number of hydrogen-bond donors (Lipinski definition) is 1. The Kier molecular flexibility index (Phi) is 6.22. The number of amides is 1. The first-order valence-electron chi connectivity index (χ1n) is 10.7. The van der Waals surface area contributed by atoms with E-state index in [4.69, 9.17) is 13.9 Å². The van der Waals surface area contributed by atoms with Crippen molar-refractivity contribution < 1.29 is 18.7 Å². The van der Waals surface area contributed by atoms with E-state index in [2.05, 4.69) is 5.32 Å². The summed E-state index contributed by atoms with van der Waals surface area (Å²) in [5.41, 5.74) is 7.08. The highest BCUT2D eigenvalue weighted by atomic mass is 16.5. The van der Waals surface area contributed by atoms with Gasteiger partial charge in [-0.1, -0.05) is 30.3 Å². The van der Waals surface area contributed by atoms with E-state index in [1.807, 2.05) is 75.4 Å². The van der Waals surface area contributed by atoms with Gasteiger partial charge >= 0.3 is 0 Å². The lowest BCUT2D eigenvalue weighted by Gasteiger charge is -2.13. The molecule has 168 valence electrons. The topological polar surface area (TPSA) is 60.7 Å². The Bertz CT molecular complexity index is 1350. The molecule has 0 aliphatic carbocycles. The second-order valence-electron chi connectivity index (χ2n) is 7.97. The van der Waals surface area contributed by atoms with Crippen molar-refractivity contribution in [3.63, 3.8) is 0 Å². The van der Waals surface area contributed by atoms with Crippen molar-refractivity contribution >= 4 is 28.1 Å². The molecule has 3 aromatic carbocycles. The predicted molar refractivity (Wildman–Crippen MR) is 133 cm³/mol. The quantitative estimate of drug-likeness (QED) is 0.335. The van der Waals surface area contributed by atoms with E-state index >= 15 is 0 Å². The van der Waals surface area contributed by atoms with Crippen LogP contribution in [0, 0.1) is 13.8 Å². The zero-order chi connectivity index (χ0) is 23.5. The summed E-state index contributed by atoms with van der Waals surface area (Å²) < 4.78 is 16.9. The molecule has 0 fully saturated rings. The van der Waals surface area contributed by atoms with E-state index in [0.29, 0.717) is 5.75 Å². The van der Waals surface area contributed by atoms with E-state index in [1.54, 1.807) is 26.6 Å². The average molecular weight is 442 g/mol. The Morgan fingerprint density at radius 2 is 1.73 bits per heavy atom. The number of allylic oxidation sites excluding steroid dienone is 1. The second kappa shape index (κ2) is 9.25. The van der Waals surface area contributed by atoms with Gasteiger partial charge in [0, 0.05) is 33.8 Å². The summed E-state index contributed by atoms with van der Waals surface area (Å²) >= 11 is 0. The van der Waals surface area contributed by atoms with Gasteiger partial charge in [-0.3, -0.25) is 4.79 Å². The van der Waals surface area contributed by atoms with Gasteiger partial charge in [-0.25, -0.2) is 0 Å².